The van der Waals surface area contributed by atoms with Crippen LogP contribution in [0.15, 0.2) is 0 Å². The summed E-state index contributed by atoms with van der Waals surface area (Å²) in [6, 6.07) is 0. The Labute approximate surface area is 166 Å². The maximum atomic E-state index is 13.0. The van der Waals surface area contributed by atoms with Gasteiger partial charge >= 0.3 is 0 Å². The Bertz CT molecular complexity index is 506. The lowest BCUT2D eigenvalue weighted by Gasteiger charge is -2.52. The lowest BCUT2D eigenvalue weighted by atomic mass is 9.58. The van der Waals surface area contributed by atoms with Gasteiger partial charge in [-0.1, -0.05) is 13.8 Å². The third kappa shape index (κ3) is 4.53. The number of carbonyl (C=O) groups is 1. The summed E-state index contributed by atoms with van der Waals surface area (Å²) in [6.45, 7) is 11.8. The van der Waals surface area contributed by atoms with E-state index in [0.29, 0.717) is 16.7 Å². The lowest BCUT2D eigenvalue weighted by molar-refractivity contribution is -0.141. The summed E-state index contributed by atoms with van der Waals surface area (Å²) in [6.07, 6.45) is 11.2. The first kappa shape index (κ1) is 19.7. The Hall–Kier alpha value is -0.610. The average molecular weight is 377 g/mol. The second kappa shape index (κ2) is 8.02. The maximum absolute atomic E-state index is 13.0. The first-order valence-electron chi connectivity index (χ1n) is 11.6. The van der Waals surface area contributed by atoms with Crippen molar-refractivity contribution in [2.45, 2.75) is 71.6 Å². The van der Waals surface area contributed by atoms with Gasteiger partial charge in [0, 0.05) is 37.6 Å². The fourth-order valence-corrected chi connectivity index (χ4v) is 6.06. The summed E-state index contributed by atoms with van der Waals surface area (Å²) in [7, 11) is 0. The normalized spacial score (nSPS) is 28.3. The largest absolute Gasteiger partial charge is 0.381 e. The van der Waals surface area contributed by atoms with E-state index in [1.54, 1.807) is 0 Å². The Morgan fingerprint density at radius 1 is 1.04 bits per heavy atom. The molecule has 154 valence electrons. The van der Waals surface area contributed by atoms with Gasteiger partial charge in [0.25, 0.3) is 0 Å². The molecule has 0 atom stereocenters. The van der Waals surface area contributed by atoms with E-state index in [0.717, 1.165) is 64.6 Å². The molecule has 0 aromatic heterocycles. The fraction of sp³-hybridized carbons (Fsp3) is 0.957. The zero-order chi connectivity index (χ0) is 18.9. The van der Waals surface area contributed by atoms with Gasteiger partial charge in [0.1, 0.15) is 0 Å². The zero-order valence-corrected chi connectivity index (χ0v) is 17.7. The second-order valence-corrected chi connectivity index (χ2v) is 10.4. The van der Waals surface area contributed by atoms with Gasteiger partial charge in [-0.05, 0) is 82.2 Å². The standard InChI is InChI=1S/C23H40N2O2/c1-3-14-27-18-23(6-7-23)17-24-10-4-20(5-11-24)21(26)25-12-8-22(9-13-25)15-19(2)16-22/h19-20H,3-18H2,1-2H3. The van der Waals surface area contributed by atoms with Crippen LogP contribution in [0.1, 0.15) is 71.6 Å². The highest BCUT2D eigenvalue weighted by Crippen LogP contribution is 2.52. The highest BCUT2D eigenvalue weighted by atomic mass is 16.5. The van der Waals surface area contributed by atoms with Crippen LogP contribution >= 0.6 is 0 Å². The third-order valence-electron chi connectivity index (χ3n) is 7.91. The summed E-state index contributed by atoms with van der Waals surface area (Å²) >= 11 is 0. The molecule has 2 aliphatic carbocycles. The summed E-state index contributed by atoms with van der Waals surface area (Å²) in [5.74, 6) is 1.66. The fourth-order valence-electron chi connectivity index (χ4n) is 6.06. The van der Waals surface area contributed by atoms with Gasteiger partial charge in [-0.2, -0.15) is 0 Å². The predicted molar refractivity (Wildman–Crippen MR) is 109 cm³/mol. The number of nitrogens with zero attached hydrogens (tertiary/aromatic N) is 2. The maximum Gasteiger partial charge on any atom is 0.225 e. The second-order valence-electron chi connectivity index (χ2n) is 10.4. The quantitative estimate of drug-likeness (QED) is 0.631. The molecule has 2 heterocycles. The number of amides is 1. The van der Waals surface area contributed by atoms with Crippen molar-refractivity contribution in [3.63, 3.8) is 0 Å². The number of hydrogen-bond donors (Lipinski definition) is 0. The van der Waals surface area contributed by atoms with Gasteiger partial charge in [0.2, 0.25) is 5.91 Å². The summed E-state index contributed by atoms with van der Waals surface area (Å²) in [5.41, 5.74) is 1.05. The van der Waals surface area contributed by atoms with Crippen LogP contribution in [0.2, 0.25) is 0 Å². The minimum absolute atomic E-state index is 0.280. The molecule has 0 unspecified atom stereocenters. The third-order valence-corrected chi connectivity index (χ3v) is 7.91. The number of piperidine rings is 2. The first-order valence-corrected chi connectivity index (χ1v) is 11.6. The highest BCUT2D eigenvalue weighted by molar-refractivity contribution is 5.79. The molecule has 2 aliphatic heterocycles. The Morgan fingerprint density at radius 3 is 2.26 bits per heavy atom. The number of ether oxygens (including phenoxy) is 1. The molecule has 1 spiro atoms. The number of likely N-dealkylation sites (tertiary alicyclic amines) is 2. The zero-order valence-electron chi connectivity index (χ0n) is 17.7. The molecule has 0 aromatic carbocycles. The highest BCUT2D eigenvalue weighted by Gasteiger charge is 2.46. The van der Waals surface area contributed by atoms with Crippen molar-refractivity contribution in [2.75, 3.05) is 45.9 Å². The van der Waals surface area contributed by atoms with Gasteiger partial charge in [0.15, 0.2) is 0 Å². The predicted octanol–water partition coefficient (Wildman–Crippen LogP) is 3.94. The van der Waals surface area contributed by atoms with Crippen LogP contribution in [0.5, 0.6) is 0 Å². The summed E-state index contributed by atoms with van der Waals surface area (Å²) in [4.78, 5) is 17.8. The van der Waals surface area contributed by atoms with Crippen molar-refractivity contribution in [3.05, 3.63) is 0 Å². The minimum Gasteiger partial charge on any atom is -0.381 e. The first-order chi connectivity index (χ1) is 13.0. The molecule has 4 heteroatoms. The van der Waals surface area contributed by atoms with Crippen LogP contribution in [0.4, 0.5) is 0 Å². The Balaban J connectivity index is 1.18. The van der Waals surface area contributed by atoms with Crippen molar-refractivity contribution in [1.29, 1.82) is 0 Å². The van der Waals surface area contributed by atoms with Gasteiger partial charge in [0.05, 0.1) is 6.61 Å². The molecule has 0 N–H and O–H groups in total. The van der Waals surface area contributed by atoms with Crippen molar-refractivity contribution < 1.29 is 9.53 Å². The SMILES string of the molecule is CCCOCC1(CN2CCC(C(=O)N3CCC4(CC3)CC(C)C4)CC2)CC1. The van der Waals surface area contributed by atoms with Gasteiger partial charge in [-0.25, -0.2) is 0 Å². The van der Waals surface area contributed by atoms with Crippen LogP contribution in [0.25, 0.3) is 0 Å². The monoisotopic (exact) mass is 376 g/mol. The van der Waals surface area contributed by atoms with Crippen LogP contribution in [-0.4, -0.2) is 61.6 Å². The molecule has 4 aliphatic rings. The smallest absolute Gasteiger partial charge is 0.225 e. The molecular weight excluding hydrogens is 336 g/mol. The molecule has 0 aromatic rings. The Morgan fingerprint density at radius 2 is 1.70 bits per heavy atom. The van der Waals surface area contributed by atoms with Crippen LogP contribution in [0, 0.1) is 22.7 Å². The number of rotatable bonds is 7. The molecule has 4 nitrogen and oxygen atoms in total. The van der Waals surface area contributed by atoms with Crippen LogP contribution in [-0.2, 0) is 9.53 Å². The molecule has 4 rings (SSSR count). The molecule has 27 heavy (non-hydrogen) atoms. The molecule has 0 radical (unpaired) electrons. The summed E-state index contributed by atoms with van der Waals surface area (Å²) < 4.78 is 5.84. The van der Waals surface area contributed by atoms with Gasteiger partial charge in [-0.15, -0.1) is 0 Å². The van der Waals surface area contributed by atoms with E-state index in [1.807, 2.05) is 0 Å². The summed E-state index contributed by atoms with van der Waals surface area (Å²) in [5, 5.41) is 0. The van der Waals surface area contributed by atoms with E-state index in [4.69, 9.17) is 4.74 Å². The van der Waals surface area contributed by atoms with Crippen molar-refractivity contribution >= 4 is 5.91 Å². The molecule has 2 saturated heterocycles. The molecule has 1 amide bonds. The van der Waals surface area contributed by atoms with Crippen LogP contribution in [0.3, 0.4) is 0 Å². The van der Waals surface area contributed by atoms with Crippen molar-refractivity contribution in [3.8, 4) is 0 Å². The topological polar surface area (TPSA) is 32.8 Å². The van der Waals surface area contributed by atoms with E-state index in [2.05, 4.69) is 23.6 Å². The van der Waals surface area contributed by atoms with E-state index in [9.17, 15) is 4.79 Å². The van der Waals surface area contributed by atoms with E-state index < -0.39 is 0 Å². The number of hydrogen-bond acceptors (Lipinski definition) is 3. The van der Waals surface area contributed by atoms with E-state index in [1.165, 1.54) is 45.1 Å². The lowest BCUT2D eigenvalue weighted by Crippen LogP contribution is -2.51. The van der Waals surface area contributed by atoms with Gasteiger partial charge in [-0.3, -0.25) is 4.79 Å². The number of carbonyl (C=O) groups excluding carboxylic acids is 1. The molecule has 0 bridgehead atoms. The average Bonchev–Trinajstić information content (AvgIpc) is 3.41. The van der Waals surface area contributed by atoms with E-state index >= 15 is 0 Å². The van der Waals surface area contributed by atoms with Crippen molar-refractivity contribution in [1.82, 2.24) is 9.80 Å². The Kier molecular flexibility index (Phi) is 5.85. The molecule has 2 saturated carbocycles. The van der Waals surface area contributed by atoms with Crippen LogP contribution < -0.4 is 0 Å². The molecular formula is C23H40N2O2. The van der Waals surface area contributed by atoms with Crippen molar-refractivity contribution in [2.24, 2.45) is 22.7 Å². The van der Waals surface area contributed by atoms with Gasteiger partial charge < -0.3 is 14.5 Å². The minimum atomic E-state index is 0.280. The van der Waals surface area contributed by atoms with E-state index in [-0.39, 0.29) is 5.92 Å². The molecule has 4 fully saturated rings.